The van der Waals surface area contributed by atoms with Crippen LogP contribution in [0, 0.1) is 0 Å². The second kappa shape index (κ2) is 70.5. The van der Waals surface area contributed by atoms with Crippen LogP contribution in [0.3, 0.4) is 0 Å². The summed E-state index contributed by atoms with van der Waals surface area (Å²) in [5.74, 6) is -0.524. The van der Waals surface area contributed by atoms with Gasteiger partial charge in [0.1, 0.15) is 19.3 Å². The number of ether oxygens (including phenoxy) is 1. The maximum Gasteiger partial charge on any atom is 0.306 e. The van der Waals surface area contributed by atoms with Gasteiger partial charge in [0, 0.05) is 12.8 Å². The zero-order valence-electron chi connectivity index (χ0n) is 61.3. The fraction of sp³-hybridized carbons (Fsp3) is 0.852. The molecule has 0 saturated heterocycles. The molecule has 91 heavy (non-hydrogen) atoms. The second-order valence-corrected chi connectivity index (χ2v) is 29.6. The first-order chi connectivity index (χ1) is 44.4. The quantitative estimate of drug-likeness (QED) is 0.0212. The molecule has 9 nitrogen and oxygen atoms in total. The molecule has 1 amide bonds. The van der Waals surface area contributed by atoms with E-state index in [9.17, 15) is 19.0 Å². The Bertz CT molecular complexity index is 1740. The van der Waals surface area contributed by atoms with Gasteiger partial charge in [-0.1, -0.05) is 345 Å². The number of nitrogens with one attached hydrogen (secondary N) is 1. The van der Waals surface area contributed by atoms with Gasteiger partial charge in [-0.15, -0.1) is 0 Å². The van der Waals surface area contributed by atoms with E-state index < -0.39 is 20.0 Å². The van der Waals surface area contributed by atoms with Gasteiger partial charge in [-0.25, -0.2) is 0 Å². The Balaban J connectivity index is 4.86. The van der Waals surface area contributed by atoms with Crippen LogP contribution in [0.1, 0.15) is 393 Å². The number of quaternary nitrogens is 1. The number of hydrogen-bond donors (Lipinski definition) is 1. The fourth-order valence-electron chi connectivity index (χ4n) is 11.8. The first-order valence-corrected chi connectivity index (χ1v) is 41.1. The lowest BCUT2D eigenvalue weighted by molar-refractivity contribution is -0.870. The molecule has 0 fully saturated rings. The van der Waals surface area contributed by atoms with Crippen molar-refractivity contribution in [3.05, 3.63) is 60.8 Å². The van der Waals surface area contributed by atoms with Gasteiger partial charge in [0.15, 0.2) is 0 Å². The number of phosphoric acid groups is 1. The highest BCUT2D eigenvalue weighted by Crippen LogP contribution is 2.38. The number of unbranched alkanes of at least 4 members (excludes halogenated alkanes) is 49. The average molecular weight is 1300 g/mol. The van der Waals surface area contributed by atoms with Crippen molar-refractivity contribution in [1.29, 1.82) is 0 Å². The number of hydrogen-bond acceptors (Lipinski definition) is 7. The van der Waals surface area contributed by atoms with Gasteiger partial charge in [-0.2, -0.15) is 0 Å². The molecule has 0 aliphatic carbocycles. The molecule has 3 unspecified atom stereocenters. The number of carbonyl (C=O) groups excluding carboxylic acids is 2. The lowest BCUT2D eigenvalue weighted by Crippen LogP contribution is -2.47. The van der Waals surface area contributed by atoms with Gasteiger partial charge in [-0.3, -0.25) is 14.2 Å². The van der Waals surface area contributed by atoms with Crippen LogP contribution in [-0.4, -0.2) is 69.4 Å². The summed E-state index contributed by atoms with van der Waals surface area (Å²) in [5, 5.41) is 3.06. The topological polar surface area (TPSA) is 114 Å². The van der Waals surface area contributed by atoms with Crippen LogP contribution in [0.5, 0.6) is 0 Å². The van der Waals surface area contributed by atoms with Gasteiger partial charge < -0.3 is 28.5 Å². The van der Waals surface area contributed by atoms with Gasteiger partial charge in [-0.05, 0) is 96.0 Å². The Hall–Kier alpha value is -2.29. The number of esters is 1. The maximum atomic E-state index is 13.6. The number of carbonyl (C=O) groups is 2. The largest absolute Gasteiger partial charge is 0.756 e. The number of rotatable bonds is 73. The van der Waals surface area contributed by atoms with E-state index >= 15 is 0 Å². The monoisotopic (exact) mass is 1300 g/mol. The smallest absolute Gasteiger partial charge is 0.306 e. The first-order valence-electron chi connectivity index (χ1n) is 39.6. The summed E-state index contributed by atoms with van der Waals surface area (Å²) in [5.41, 5.74) is 0. The molecule has 0 aliphatic heterocycles. The van der Waals surface area contributed by atoms with E-state index in [1.807, 2.05) is 33.3 Å². The van der Waals surface area contributed by atoms with Gasteiger partial charge >= 0.3 is 5.97 Å². The van der Waals surface area contributed by atoms with E-state index in [4.69, 9.17) is 13.8 Å². The third-order valence-electron chi connectivity index (χ3n) is 17.9. The van der Waals surface area contributed by atoms with Crippen molar-refractivity contribution in [2.24, 2.45) is 0 Å². The number of likely N-dealkylation sites (N-methyl/N-ethyl adjacent to an activating group) is 1. The van der Waals surface area contributed by atoms with Crippen molar-refractivity contribution in [2.45, 2.75) is 405 Å². The number of amides is 1. The molecule has 0 aliphatic rings. The van der Waals surface area contributed by atoms with Crippen LogP contribution in [-0.2, 0) is 27.9 Å². The zero-order chi connectivity index (χ0) is 66.3. The van der Waals surface area contributed by atoms with Crippen molar-refractivity contribution in [1.82, 2.24) is 5.32 Å². The summed E-state index contributed by atoms with van der Waals surface area (Å²) in [7, 11) is 1.20. The molecule has 0 rings (SSSR count). The molecule has 10 heteroatoms. The molecule has 0 bridgehead atoms. The molecule has 534 valence electrons. The molecule has 0 saturated carbocycles. The van der Waals surface area contributed by atoms with Crippen molar-refractivity contribution in [3.8, 4) is 0 Å². The molecular weight excluding hydrogens is 1140 g/mol. The normalized spacial score (nSPS) is 13.7. The Kier molecular flexibility index (Phi) is 68.7. The summed E-state index contributed by atoms with van der Waals surface area (Å²) in [4.78, 5) is 40.3. The van der Waals surface area contributed by atoms with Crippen molar-refractivity contribution < 1.29 is 37.3 Å². The van der Waals surface area contributed by atoms with Crippen molar-refractivity contribution >= 4 is 19.7 Å². The van der Waals surface area contributed by atoms with Crippen LogP contribution in [0.15, 0.2) is 60.8 Å². The third-order valence-corrected chi connectivity index (χ3v) is 18.9. The van der Waals surface area contributed by atoms with Crippen LogP contribution in [0.25, 0.3) is 0 Å². The van der Waals surface area contributed by atoms with Gasteiger partial charge in [0.05, 0.1) is 33.8 Å². The van der Waals surface area contributed by atoms with Crippen molar-refractivity contribution in [2.75, 3.05) is 40.9 Å². The van der Waals surface area contributed by atoms with E-state index in [0.717, 1.165) is 70.6 Å². The Labute approximate surface area is 566 Å². The summed E-state index contributed by atoms with van der Waals surface area (Å²) in [6, 6.07) is -0.889. The predicted molar refractivity (Wildman–Crippen MR) is 395 cm³/mol. The van der Waals surface area contributed by atoms with Crippen LogP contribution in [0.4, 0.5) is 0 Å². The molecule has 3 atom stereocenters. The minimum absolute atomic E-state index is 0.0210. The van der Waals surface area contributed by atoms with Crippen molar-refractivity contribution in [3.63, 3.8) is 0 Å². The lowest BCUT2D eigenvalue weighted by Gasteiger charge is -2.30. The zero-order valence-corrected chi connectivity index (χ0v) is 62.2. The van der Waals surface area contributed by atoms with E-state index in [1.54, 1.807) is 0 Å². The second-order valence-electron chi connectivity index (χ2n) is 28.2. The third kappa shape index (κ3) is 71.8. The predicted octanol–water partition coefficient (Wildman–Crippen LogP) is 25.1. The SMILES string of the molecule is CCCCC/C=C\C/C=C\C/C=C\CCCCCCCCCCCCCCCCC(=O)OC(/C=C/CCCCCCCCCCC)C(COP(=O)([O-])OCC[N+](C)(C)C)NC(=O)CCCCCCCCCCCCCCCCCCC/C=C/CCCCCCCC. The number of allylic oxidation sites excluding steroid dienone is 9. The number of nitrogens with zero attached hydrogens (tertiary/aromatic N) is 1. The summed E-state index contributed by atoms with van der Waals surface area (Å²) < 4.78 is 30.5. The molecule has 0 spiro atoms. The van der Waals surface area contributed by atoms with Crippen LogP contribution < -0.4 is 10.2 Å². The molecule has 0 aromatic carbocycles. The van der Waals surface area contributed by atoms with Gasteiger partial charge in [0.2, 0.25) is 5.91 Å². The molecular formula is C81H153N2O7P. The Morgan fingerprint density at radius 1 is 0.385 bits per heavy atom. The average Bonchev–Trinajstić information content (AvgIpc) is 3.03. The lowest BCUT2D eigenvalue weighted by atomic mass is 10.0. The molecule has 0 aromatic heterocycles. The Morgan fingerprint density at radius 2 is 0.670 bits per heavy atom. The molecule has 0 heterocycles. The highest BCUT2D eigenvalue weighted by Gasteiger charge is 2.27. The van der Waals surface area contributed by atoms with Gasteiger partial charge in [0.25, 0.3) is 7.82 Å². The maximum absolute atomic E-state index is 13.6. The highest BCUT2D eigenvalue weighted by atomic mass is 31.2. The standard InChI is InChI=1S/C81H153N2O7P/c1-7-10-13-16-19-22-25-27-29-31-33-35-37-39-41-43-45-47-49-51-53-55-58-61-64-67-70-73-80(84)82-78(77-89-91(86,87)88-76-75-83(4,5)6)79(72-69-66-63-60-57-24-21-18-15-12-9-3)90-81(85)74-71-68-65-62-59-56-54-52-50-48-46-44-42-40-38-36-34-32-30-28-26-23-20-17-14-11-8-2/h20,23,27-30,34,36,69,72,78-79H,7-19,21-22,24-26,31-33,35,37-68,70-71,73-77H2,1-6H3,(H-,82,84,86,87)/b23-20-,29-27+,30-28-,36-34-,72-69+. The van der Waals surface area contributed by atoms with E-state index in [1.165, 1.54) is 289 Å². The molecule has 1 N–H and O–H groups in total. The summed E-state index contributed by atoms with van der Waals surface area (Å²) >= 11 is 0. The minimum Gasteiger partial charge on any atom is -0.756 e. The van der Waals surface area contributed by atoms with E-state index in [-0.39, 0.29) is 31.5 Å². The van der Waals surface area contributed by atoms with Crippen LogP contribution in [0.2, 0.25) is 0 Å². The van der Waals surface area contributed by atoms with E-state index in [0.29, 0.717) is 17.4 Å². The number of phosphoric ester groups is 1. The first kappa shape index (κ1) is 88.7. The summed E-state index contributed by atoms with van der Waals surface area (Å²) in [6.07, 6.45) is 92.3. The van der Waals surface area contributed by atoms with E-state index in [2.05, 4.69) is 74.7 Å². The highest BCUT2D eigenvalue weighted by molar-refractivity contribution is 7.45. The molecule has 0 radical (unpaired) electrons. The summed E-state index contributed by atoms with van der Waals surface area (Å²) in [6.45, 7) is 6.87. The van der Waals surface area contributed by atoms with Crippen LogP contribution >= 0.6 is 7.82 Å². The molecule has 0 aromatic rings. The minimum atomic E-state index is -4.71. The fourth-order valence-corrected chi connectivity index (χ4v) is 12.5. The Morgan fingerprint density at radius 3 is 1.03 bits per heavy atom.